The van der Waals surface area contributed by atoms with Gasteiger partial charge in [0.25, 0.3) is 0 Å². The SMILES string of the molecule is C=C1C[C@]23C[C@H]1[C@@H](O)C[C@@H]2[C@]1(C=O)CCC[C@@](C)(C(=O)O)[C@H]1[C@@H]3C(=O)O. The molecule has 0 aromatic heterocycles. The molecule has 4 aliphatic carbocycles. The third kappa shape index (κ3) is 1.79. The summed E-state index contributed by atoms with van der Waals surface area (Å²) in [4.78, 5) is 37.1. The van der Waals surface area contributed by atoms with Crippen LogP contribution in [0.25, 0.3) is 0 Å². The van der Waals surface area contributed by atoms with E-state index in [-0.39, 0.29) is 11.8 Å². The molecule has 1 spiro atoms. The number of aliphatic hydroxyl groups is 1. The van der Waals surface area contributed by atoms with Crippen LogP contribution in [0.5, 0.6) is 0 Å². The number of hydrogen-bond donors (Lipinski definition) is 3. The summed E-state index contributed by atoms with van der Waals surface area (Å²) in [6, 6.07) is 0. The van der Waals surface area contributed by atoms with Crippen LogP contribution in [0.1, 0.15) is 45.4 Å². The van der Waals surface area contributed by atoms with Gasteiger partial charge < -0.3 is 20.1 Å². The summed E-state index contributed by atoms with van der Waals surface area (Å²) >= 11 is 0. The van der Waals surface area contributed by atoms with Crippen LogP contribution >= 0.6 is 0 Å². The minimum atomic E-state index is -1.25. The van der Waals surface area contributed by atoms with E-state index in [9.17, 15) is 29.7 Å². The molecule has 4 rings (SSSR count). The van der Waals surface area contributed by atoms with Gasteiger partial charge in [0.2, 0.25) is 0 Å². The van der Waals surface area contributed by atoms with Crippen LogP contribution in [0.3, 0.4) is 0 Å². The van der Waals surface area contributed by atoms with Crippen LogP contribution in [-0.4, -0.2) is 39.6 Å². The van der Waals surface area contributed by atoms with E-state index in [0.717, 1.165) is 11.9 Å². The van der Waals surface area contributed by atoms with Crippen LogP contribution < -0.4 is 0 Å². The molecular formula is C20H26O6. The van der Waals surface area contributed by atoms with E-state index in [1.54, 1.807) is 6.92 Å². The Kier molecular flexibility index (Phi) is 3.53. The number of carboxylic acids is 2. The van der Waals surface area contributed by atoms with Gasteiger partial charge >= 0.3 is 11.9 Å². The number of carbonyl (C=O) groups is 3. The number of rotatable bonds is 3. The van der Waals surface area contributed by atoms with Crippen molar-refractivity contribution in [2.45, 2.75) is 51.6 Å². The molecule has 0 aromatic rings. The van der Waals surface area contributed by atoms with Gasteiger partial charge in [0.15, 0.2) is 0 Å². The van der Waals surface area contributed by atoms with E-state index in [0.29, 0.717) is 38.5 Å². The molecule has 2 bridgehead atoms. The van der Waals surface area contributed by atoms with Gasteiger partial charge in [0.1, 0.15) is 6.29 Å². The Labute approximate surface area is 152 Å². The fourth-order valence-corrected chi connectivity index (χ4v) is 7.61. The van der Waals surface area contributed by atoms with Crippen molar-refractivity contribution in [2.75, 3.05) is 0 Å². The Bertz CT molecular complexity index is 715. The first-order valence-electron chi connectivity index (χ1n) is 9.42. The lowest BCUT2D eigenvalue weighted by Gasteiger charge is -2.49. The van der Waals surface area contributed by atoms with Crippen molar-refractivity contribution >= 4 is 18.2 Å². The zero-order valence-corrected chi connectivity index (χ0v) is 15.0. The predicted molar refractivity (Wildman–Crippen MR) is 91.1 cm³/mol. The van der Waals surface area contributed by atoms with Crippen LogP contribution in [0, 0.1) is 39.9 Å². The maximum atomic E-state index is 12.5. The van der Waals surface area contributed by atoms with Gasteiger partial charge in [-0.2, -0.15) is 0 Å². The number of fused-ring (bicyclic) bond motifs is 3. The van der Waals surface area contributed by atoms with Crippen LogP contribution in [0.2, 0.25) is 0 Å². The van der Waals surface area contributed by atoms with Gasteiger partial charge in [0, 0.05) is 17.3 Å². The minimum absolute atomic E-state index is 0.145. The Morgan fingerprint density at radius 2 is 1.96 bits per heavy atom. The summed E-state index contributed by atoms with van der Waals surface area (Å²) in [6.07, 6.45) is 3.00. The van der Waals surface area contributed by atoms with Crippen molar-refractivity contribution in [3.05, 3.63) is 12.2 Å². The summed E-state index contributed by atoms with van der Waals surface area (Å²) in [6.45, 7) is 5.69. The summed E-state index contributed by atoms with van der Waals surface area (Å²) in [7, 11) is 0. The zero-order chi connectivity index (χ0) is 19.1. The van der Waals surface area contributed by atoms with Crippen molar-refractivity contribution in [3.8, 4) is 0 Å². The number of aliphatic carboxylic acids is 2. The van der Waals surface area contributed by atoms with E-state index in [1.807, 2.05) is 0 Å². The Morgan fingerprint density at radius 3 is 2.54 bits per heavy atom. The molecule has 4 fully saturated rings. The molecule has 0 radical (unpaired) electrons. The van der Waals surface area contributed by atoms with Crippen LogP contribution in [-0.2, 0) is 14.4 Å². The Hall–Kier alpha value is -1.69. The monoisotopic (exact) mass is 362 g/mol. The molecule has 6 heteroatoms. The molecule has 0 amide bonds. The average molecular weight is 362 g/mol. The molecule has 0 heterocycles. The summed E-state index contributed by atoms with van der Waals surface area (Å²) < 4.78 is 0. The standard InChI is InChI=1S/C20H26O6/c1-10-7-20-8-11(10)12(22)6-13(20)19(9-21)5-3-4-18(2,17(25)26)15(19)14(20)16(23)24/h9,11-15,22H,1,3-8H2,2H3,(H,23,24)(H,25,26)/t11-,12+,13-,14-,15-,18-,19-,20+/m1/s1. The van der Waals surface area contributed by atoms with E-state index in [2.05, 4.69) is 6.58 Å². The molecule has 0 saturated heterocycles. The van der Waals surface area contributed by atoms with E-state index in [4.69, 9.17) is 0 Å². The highest BCUT2D eigenvalue weighted by Crippen LogP contribution is 2.77. The van der Waals surface area contributed by atoms with Crippen molar-refractivity contribution < 1.29 is 29.7 Å². The average Bonchev–Trinajstić information content (AvgIpc) is 3.00. The third-order valence-corrected chi connectivity index (χ3v) is 8.46. The summed E-state index contributed by atoms with van der Waals surface area (Å²) in [5, 5.41) is 30.8. The van der Waals surface area contributed by atoms with Gasteiger partial charge in [-0.05, 0) is 50.4 Å². The molecule has 0 aliphatic heterocycles. The molecule has 4 aliphatic rings. The molecule has 0 unspecified atom stereocenters. The number of carboxylic acid groups (broad SMARTS) is 2. The van der Waals surface area contributed by atoms with Crippen LogP contribution in [0.4, 0.5) is 0 Å². The molecule has 8 atom stereocenters. The lowest BCUT2D eigenvalue weighted by atomic mass is 9.53. The minimum Gasteiger partial charge on any atom is -0.481 e. The first-order chi connectivity index (χ1) is 12.1. The van der Waals surface area contributed by atoms with Crippen molar-refractivity contribution in [1.29, 1.82) is 0 Å². The fourth-order valence-electron chi connectivity index (χ4n) is 7.61. The number of carbonyl (C=O) groups excluding carboxylic acids is 1. The van der Waals surface area contributed by atoms with Gasteiger partial charge in [0.05, 0.1) is 17.4 Å². The van der Waals surface area contributed by atoms with Crippen LogP contribution in [0.15, 0.2) is 12.2 Å². The lowest BCUT2D eigenvalue weighted by Crippen LogP contribution is -2.52. The number of aldehydes is 1. The highest BCUT2D eigenvalue weighted by atomic mass is 16.4. The number of hydrogen-bond acceptors (Lipinski definition) is 4. The van der Waals surface area contributed by atoms with Gasteiger partial charge in [-0.1, -0.05) is 18.6 Å². The van der Waals surface area contributed by atoms with E-state index >= 15 is 0 Å². The summed E-state index contributed by atoms with van der Waals surface area (Å²) in [5.74, 6) is -4.13. The third-order valence-electron chi connectivity index (χ3n) is 8.46. The Morgan fingerprint density at radius 1 is 1.27 bits per heavy atom. The second-order valence-electron chi connectivity index (χ2n) is 9.33. The molecule has 4 saturated carbocycles. The molecule has 142 valence electrons. The summed E-state index contributed by atoms with van der Waals surface area (Å²) in [5.41, 5.74) is -2.06. The van der Waals surface area contributed by atoms with Crippen molar-refractivity contribution in [3.63, 3.8) is 0 Å². The lowest BCUT2D eigenvalue weighted by molar-refractivity contribution is -0.167. The molecular weight excluding hydrogens is 336 g/mol. The normalized spacial score (nSPS) is 52.2. The molecule has 26 heavy (non-hydrogen) atoms. The van der Waals surface area contributed by atoms with E-state index in [1.165, 1.54) is 0 Å². The highest BCUT2D eigenvalue weighted by Gasteiger charge is 2.77. The molecule has 6 nitrogen and oxygen atoms in total. The first-order valence-corrected chi connectivity index (χ1v) is 9.42. The highest BCUT2D eigenvalue weighted by molar-refractivity contribution is 5.82. The maximum Gasteiger partial charge on any atom is 0.309 e. The van der Waals surface area contributed by atoms with Gasteiger partial charge in [-0.25, -0.2) is 0 Å². The van der Waals surface area contributed by atoms with E-state index < -0.39 is 46.1 Å². The van der Waals surface area contributed by atoms with Gasteiger partial charge in [-0.15, -0.1) is 0 Å². The second kappa shape index (κ2) is 5.18. The van der Waals surface area contributed by atoms with Crippen molar-refractivity contribution in [2.24, 2.45) is 39.9 Å². The largest absolute Gasteiger partial charge is 0.481 e. The maximum absolute atomic E-state index is 12.5. The Balaban J connectivity index is 1.98. The topological polar surface area (TPSA) is 112 Å². The van der Waals surface area contributed by atoms with Gasteiger partial charge in [-0.3, -0.25) is 9.59 Å². The predicted octanol–water partition coefficient (Wildman–Crippen LogP) is 2.11. The second-order valence-corrected chi connectivity index (χ2v) is 9.33. The smallest absolute Gasteiger partial charge is 0.309 e. The molecule has 0 aromatic carbocycles. The zero-order valence-electron chi connectivity index (χ0n) is 15.0. The number of aliphatic hydroxyl groups excluding tert-OH is 1. The first kappa shape index (κ1) is 17.7. The fraction of sp³-hybridized carbons (Fsp3) is 0.750. The molecule has 3 N–H and O–H groups in total. The van der Waals surface area contributed by atoms with Crippen molar-refractivity contribution in [1.82, 2.24) is 0 Å². The quantitative estimate of drug-likeness (QED) is 0.524.